The number of aliphatic hydroxyl groups excluding tert-OH is 1. The van der Waals surface area contributed by atoms with Gasteiger partial charge in [-0.3, -0.25) is 0 Å². The van der Waals surface area contributed by atoms with Gasteiger partial charge < -0.3 is 5.11 Å². The van der Waals surface area contributed by atoms with Crippen LogP contribution in [-0.2, 0) is 0 Å². The second-order valence-electron chi connectivity index (χ2n) is 5.23. The Kier molecular flexibility index (Phi) is 3.22. The summed E-state index contributed by atoms with van der Waals surface area (Å²) in [6.45, 7) is 2.10. The Morgan fingerprint density at radius 3 is 1.63 bits per heavy atom. The molecular formula is C18H18O. The molecular weight excluding hydrogens is 232 g/mol. The molecule has 2 aromatic carbocycles. The first-order valence-electron chi connectivity index (χ1n) is 6.74. The predicted octanol–water partition coefficient (Wildman–Crippen LogP) is 3.90. The molecule has 0 aliphatic heterocycles. The molecule has 1 aliphatic carbocycles. The summed E-state index contributed by atoms with van der Waals surface area (Å²) >= 11 is 0. The zero-order valence-corrected chi connectivity index (χ0v) is 11.1. The van der Waals surface area contributed by atoms with E-state index in [4.69, 9.17) is 0 Å². The molecule has 0 bridgehead atoms. The lowest BCUT2D eigenvalue weighted by atomic mass is 9.85. The molecule has 0 amide bonds. The zero-order valence-electron chi connectivity index (χ0n) is 11.1. The maximum absolute atomic E-state index is 10.7. The third-order valence-electron chi connectivity index (χ3n) is 3.87. The fourth-order valence-electron chi connectivity index (χ4n) is 2.68. The highest BCUT2D eigenvalue weighted by atomic mass is 16.3. The molecule has 1 heteroatoms. The van der Waals surface area contributed by atoms with Crippen molar-refractivity contribution in [2.75, 3.05) is 0 Å². The van der Waals surface area contributed by atoms with Crippen molar-refractivity contribution in [1.82, 2.24) is 0 Å². The highest BCUT2D eigenvalue weighted by Crippen LogP contribution is 2.41. The quantitative estimate of drug-likeness (QED) is 0.816. The van der Waals surface area contributed by atoms with E-state index in [1.807, 2.05) is 36.4 Å². The number of aliphatic hydroxyl groups is 1. The van der Waals surface area contributed by atoms with Gasteiger partial charge >= 0.3 is 0 Å². The molecule has 0 radical (unpaired) electrons. The van der Waals surface area contributed by atoms with E-state index < -0.39 is 6.10 Å². The lowest BCUT2D eigenvalue weighted by molar-refractivity contribution is 0.196. The summed E-state index contributed by atoms with van der Waals surface area (Å²) in [7, 11) is 0. The second kappa shape index (κ2) is 5.02. The van der Waals surface area contributed by atoms with E-state index in [1.165, 1.54) is 22.3 Å². The van der Waals surface area contributed by atoms with Crippen LogP contribution in [0.25, 0.3) is 0 Å². The highest BCUT2D eigenvalue weighted by molar-refractivity contribution is 5.44. The van der Waals surface area contributed by atoms with Crippen LogP contribution in [0.2, 0.25) is 0 Å². The standard InChI is InChI=1S/C18H18O/c1-13-12-16(13)18(19)17(14-8-4-2-5-9-14)15-10-6-3-7-11-15/h2-11,17-19H,12H2,1H3/t18-/m0/s1. The normalized spacial score (nSPS) is 15.7. The van der Waals surface area contributed by atoms with Crippen molar-refractivity contribution in [3.05, 3.63) is 82.9 Å². The summed E-state index contributed by atoms with van der Waals surface area (Å²) < 4.78 is 0. The Balaban J connectivity index is 2.01. The van der Waals surface area contributed by atoms with E-state index in [9.17, 15) is 5.11 Å². The summed E-state index contributed by atoms with van der Waals surface area (Å²) in [5.41, 5.74) is 4.89. The lowest BCUT2D eigenvalue weighted by Gasteiger charge is -2.22. The third-order valence-corrected chi connectivity index (χ3v) is 3.87. The number of hydrogen-bond acceptors (Lipinski definition) is 1. The fraction of sp³-hybridized carbons (Fsp3) is 0.222. The summed E-state index contributed by atoms with van der Waals surface area (Å²) in [5.74, 6) is 0.0369. The Bertz CT molecular complexity index is 544. The number of hydrogen-bond donors (Lipinski definition) is 1. The molecule has 1 N–H and O–H groups in total. The van der Waals surface area contributed by atoms with Gasteiger partial charge in [0.1, 0.15) is 0 Å². The topological polar surface area (TPSA) is 20.2 Å². The number of allylic oxidation sites excluding steroid dienone is 1. The zero-order chi connectivity index (χ0) is 13.2. The van der Waals surface area contributed by atoms with Crippen molar-refractivity contribution >= 4 is 0 Å². The molecule has 1 nitrogen and oxygen atoms in total. The Morgan fingerprint density at radius 2 is 1.26 bits per heavy atom. The van der Waals surface area contributed by atoms with Crippen LogP contribution < -0.4 is 0 Å². The summed E-state index contributed by atoms with van der Waals surface area (Å²) in [6, 6.07) is 20.5. The summed E-state index contributed by atoms with van der Waals surface area (Å²) in [6.07, 6.45) is 0.585. The molecule has 0 saturated carbocycles. The van der Waals surface area contributed by atoms with Crippen LogP contribution in [0.1, 0.15) is 30.4 Å². The van der Waals surface area contributed by atoms with Crippen molar-refractivity contribution in [3.8, 4) is 0 Å². The van der Waals surface area contributed by atoms with Crippen LogP contribution in [0.5, 0.6) is 0 Å². The van der Waals surface area contributed by atoms with Gasteiger partial charge in [0.05, 0.1) is 6.10 Å². The molecule has 19 heavy (non-hydrogen) atoms. The van der Waals surface area contributed by atoms with E-state index in [-0.39, 0.29) is 5.92 Å². The minimum absolute atomic E-state index is 0.0369. The van der Waals surface area contributed by atoms with E-state index in [0.29, 0.717) is 0 Å². The van der Waals surface area contributed by atoms with Crippen LogP contribution in [-0.4, -0.2) is 11.2 Å². The van der Waals surface area contributed by atoms with E-state index in [2.05, 4.69) is 31.2 Å². The van der Waals surface area contributed by atoms with Crippen LogP contribution in [0.15, 0.2) is 71.8 Å². The predicted molar refractivity (Wildman–Crippen MR) is 78.1 cm³/mol. The fourth-order valence-corrected chi connectivity index (χ4v) is 2.68. The maximum Gasteiger partial charge on any atom is 0.0864 e. The molecule has 0 unspecified atom stereocenters. The Hall–Kier alpha value is -1.86. The SMILES string of the molecule is CC1=C([C@H](O)C(c2ccccc2)c2ccccc2)C1. The summed E-state index contributed by atoms with van der Waals surface area (Å²) in [4.78, 5) is 0. The van der Waals surface area contributed by atoms with Crippen molar-refractivity contribution < 1.29 is 5.11 Å². The number of rotatable bonds is 4. The van der Waals surface area contributed by atoms with Gasteiger partial charge in [0.2, 0.25) is 0 Å². The minimum Gasteiger partial charge on any atom is -0.388 e. The van der Waals surface area contributed by atoms with Crippen LogP contribution >= 0.6 is 0 Å². The molecule has 1 atom stereocenters. The Labute approximate surface area is 114 Å². The molecule has 0 heterocycles. The van der Waals surface area contributed by atoms with Gasteiger partial charge in [-0.2, -0.15) is 0 Å². The molecule has 0 fully saturated rings. The first-order chi connectivity index (χ1) is 9.27. The largest absolute Gasteiger partial charge is 0.388 e. The first kappa shape index (κ1) is 12.2. The van der Waals surface area contributed by atoms with E-state index in [1.54, 1.807) is 0 Å². The number of benzene rings is 2. The molecule has 2 aromatic rings. The average molecular weight is 250 g/mol. The van der Waals surface area contributed by atoms with Crippen LogP contribution in [0.4, 0.5) is 0 Å². The van der Waals surface area contributed by atoms with Gasteiger partial charge in [-0.15, -0.1) is 0 Å². The van der Waals surface area contributed by atoms with Gasteiger partial charge in [0.25, 0.3) is 0 Å². The van der Waals surface area contributed by atoms with Gasteiger partial charge in [-0.05, 0) is 30.0 Å². The average Bonchev–Trinajstić information content (AvgIpc) is 3.19. The van der Waals surface area contributed by atoms with E-state index in [0.717, 1.165) is 6.42 Å². The minimum atomic E-state index is -0.398. The Morgan fingerprint density at radius 1 is 0.842 bits per heavy atom. The summed E-state index contributed by atoms with van der Waals surface area (Å²) in [5, 5.41) is 10.7. The highest BCUT2D eigenvalue weighted by Gasteiger charge is 2.32. The van der Waals surface area contributed by atoms with Crippen molar-refractivity contribution in [1.29, 1.82) is 0 Å². The van der Waals surface area contributed by atoms with Gasteiger partial charge in [-0.25, -0.2) is 0 Å². The molecule has 0 aromatic heterocycles. The molecule has 3 rings (SSSR count). The molecule has 0 spiro atoms. The van der Waals surface area contributed by atoms with Gasteiger partial charge in [-0.1, -0.05) is 66.2 Å². The smallest absolute Gasteiger partial charge is 0.0864 e. The maximum atomic E-state index is 10.7. The van der Waals surface area contributed by atoms with Crippen molar-refractivity contribution in [2.24, 2.45) is 0 Å². The monoisotopic (exact) mass is 250 g/mol. The van der Waals surface area contributed by atoms with Crippen LogP contribution in [0.3, 0.4) is 0 Å². The molecule has 0 saturated heterocycles. The van der Waals surface area contributed by atoms with E-state index >= 15 is 0 Å². The van der Waals surface area contributed by atoms with Crippen molar-refractivity contribution in [3.63, 3.8) is 0 Å². The first-order valence-corrected chi connectivity index (χ1v) is 6.74. The van der Waals surface area contributed by atoms with Crippen molar-refractivity contribution in [2.45, 2.75) is 25.4 Å². The van der Waals surface area contributed by atoms with Crippen LogP contribution in [0, 0.1) is 0 Å². The van der Waals surface area contributed by atoms with Gasteiger partial charge in [0, 0.05) is 5.92 Å². The van der Waals surface area contributed by atoms with Gasteiger partial charge in [0.15, 0.2) is 0 Å². The lowest BCUT2D eigenvalue weighted by Crippen LogP contribution is -2.19. The molecule has 96 valence electrons. The molecule has 1 aliphatic rings. The third kappa shape index (κ3) is 2.47. The second-order valence-corrected chi connectivity index (χ2v) is 5.23.